The smallest absolute Gasteiger partial charge is 0.233 e. The first kappa shape index (κ1) is 11.9. The second kappa shape index (κ2) is 5.61. The number of hydrogen-bond acceptors (Lipinski definition) is 3. The average Bonchev–Trinajstić information content (AvgIpc) is 2.20. The van der Waals surface area contributed by atoms with Gasteiger partial charge in [-0.2, -0.15) is 11.8 Å². The van der Waals surface area contributed by atoms with E-state index in [2.05, 4.69) is 5.32 Å². The Balaban J connectivity index is 2.38. The maximum atomic E-state index is 11.6. The van der Waals surface area contributed by atoms with Gasteiger partial charge in [0.05, 0.1) is 5.25 Å². The van der Waals surface area contributed by atoms with E-state index in [1.165, 1.54) is 12.8 Å². The molecule has 3 N–H and O–H groups in total. The molecule has 0 aromatic rings. The predicted octanol–water partition coefficient (Wildman–Crippen LogP) is 1.12. The molecule has 0 spiro atoms. The minimum absolute atomic E-state index is 0.0316. The molecule has 82 valence electrons. The van der Waals surface area contributed by atoms with Gasteiger partial charge in [0.25, 0.3) is 0 Å². The Morgan fingerprint density at radius 2 is 2.14 bits per heavy atom. The highest BCUT2D eigenvalue weighted by atomic mass is 32.2. The normalized spacial score (nSPS) is 29.6. The molecule has 1 saturated carbocycles. The molecular weight excluding hydrogens is 196 g/mol. The lowest BCUT2D eigenvalue weighted by Gasteiger charge is -2.30. The summed E-state index contributed by atoms with van der Waals surface area (Å²) in [6.07, 6.45) is 6.41. The molecule has 3 nitrogen and oxygen atoms in total. The molecule has 3 unspecified atom stereocenters. The Hall–Kier alpha value is -0.220. The summed E-state index contributed by atoms with van der Waals surface area (Å²) in [4.78, 5) is 11.6. The number of carbonyl (C=O) groups excluding carboxylic acids is 1. The zero-order valence-corrected chi connectivity index (χ0v) is 9.77. The Morgan fingerprint density at radius 1 is 1.50 bits per heavy atom. The molecule has 0 bridgehead atoms. The fourth-order valence-corrected chi connectivity index (χ4v) is 2.03. The third-order valence-electron chi connectivity index (χ3n) is 2.87. The Labute approximate surface area is 90.2 Å². The maximum absolute atomic E-state index is 11.6. The minimum atomic E-state index is 0.0316. The molecule has 0 aromatic heterocycles. The van der Waals surface area contributed by atoms with Gasteiger partial charge in [-0.25, -0.2) is 0 Å². The summed E-state index contributed by atoms with van der Waals surface area (Å²) < 4.78 is 0. The highest BCUT2D eigenvalue weighted by Gasteiger charge is 2.24. The van der Waals surface area contributed by atoms with E-state index >= 15 is 0 Å². The van der Waals surface area contributed by atoms with E-state index < -0.39 is 0 Å². The third kappa shape index (κ3) is 3.17. The summed E-state index contributed by atoms with van der Waals surface area (Å²) in [6, 6.07) is 0.354. The molecule has 0 heterocycles. The number of thioether (sulfide) groups is 1. The van der Waals surface area contributed by atoms with Crippen molar-refractivity contribution >= 4 is 17.7 Å². The number of nitrogens with one attached hydrogen (secondary N) is 1. The van der Waals surface area contributed by atoms with Gasteiger partial charge in [-0.1, -0.05) is 12.8 Å². The van der Waals surface area contributed by atoms with Crippen molar-refractivity contribution in [1.29, 1.82) is 0 Å². The Kier molecular flexibility index (Phi) is 4.75. The standard InChI is InChI=1S/C10H20N2OS/c1-7(14-2)10(13)12-9-6-4-3-5-8(9)11/h7-9H,3-6,11H2,1-2H3,(H,12,13). The monoisotopic (exact) mass is 216 g/mol. The molecule has 4 heteroatoms. The van der Waals surface area contributed by atoms with E-state index in [4.69, 9.17) is 5.73 Å². The molecule has 1 rings (SSSR count). The van der Waals surface area contributed by atoms with E-state index in [0.717, 1.165) is 12.8 Å². The fourth-order valence-electron chi connectivity index (χ4n) is 1.75. The van der Waals surface area contributed by atoms with Crippen molar-refractivity contribution in [2.75, 3.05) is 6.26 Å². The van der Waals surface area contributed by atoms with E-state index in [1.807, 2.05) is 13.2 Å². The van der Waals surface area contributed by atoms with E-state index in [9.17, 15) is 4.79 Å². The highest BCUT2D eigenvalue weighted by Crippen LogP contribution is 2.17. The van der Waals surface area contributed by atoms with Crippen LogP contribution in [0.2, 0.25) is 0 Å². The summed E-state index contributed by atoms with van der Waals surface area (Å²) in [5.74, 6) is 0.125. The quantitative estimate of drug-likeness (QED) is 0.743. The summed E-state index contributed by atoms with van der Waals surface area (Å²) >= 11 is 1.57. The highest BCUT2D eigenvalue weighted by molar-refractivity contribution is 7.99. The zero-order chi connectivity index (χ0) is 10.6. The van der Waals surface area contributed by atoms with E-state index in [-0.39, 0.29) is 23.2 Å². The average molecular weight is 216 g/mol. The van der Waals surface area contributed by atoms with Crippen molar-refractivity contribution in [2.24, 2.45) is 5.73 Å². The minimum Gasteiger partial charge on any atom is -0.351 e. The van der Waals surface area contributed by atoms with Crippen LogP contribution in [0.4, 0.5) is 0 Å². The molecular formula is C10H20N2OS. The van der Waals surface area contributed by atoms with Crippen LogP contribution in [0.3, 0.4) is 0 Å². The largest absolute Gasteiger partial charge is 0.351 e. The molecule has 0 saturated heterocycles. The number of hydrogen-bond donors (Lipinski definition) is 2. The van der Waals surface area contributed by atoms with Crippen LogP contribution >= 0.6 is 11.8 Å². The lowest BCUT2D eigenvalue weighted by molar-refractivity contribution is -0.121. The van der Waals surface area contributed by atoms with Gasteiger partial charge in [0.15, 0.2) is 0 Å². The number of carbonyl (C=O) groups is 1. The lowest BCUT2D eigenvalue weighted by atomic mass is 9.91. The summed E-state index contributed by atoms with van der Waals surface area (Å²) in [7, 11) is 0. The van der Waals surface area contributed by atoms with E-state index in [1.54, 1.807) is 11.8 Å². The summed E-state index contributed by atoms with van der Waals surface area (Å²) in [6.45, 7) is 1.92. The number of nitrogens with two attached hydrogens (primary N) is 1. The molecule has 0 aliphatic heterocycles. The summed E-state index contributed by atoms with van der Waals surface area (Å²) in [5.41, 5.74) is 5.95. The topological polar surface area (TPSA) is 55.1 Å². The van der Waals surface area contributed by atoms with Gasteiger partial charge >= 0.3 is 0 Å². The third-order valence-corrected chi connectivity index (χ3v) is 3.79. The van der Waals surface area contributed by atoms with Crippen LogP contribution < -0.4 is 11.1 Å². The molecule has 0 radical (unpaired) electrons. The first-order valence-electron chi connectivity index (χ1n) is 5.24. The second-order valence-electron chi connectivity index (χ2n) is 3.94. The maximum Gasteiger partial charge on any atom is 0.233 e. The first-order valence-corrected chi connectivity index (χ1v) is 6.52. The Bertz CT molecular complexity index is 199. The van der Waals surface area contributed by atoms with Crippen molar-refractivity contribution in [2.45, 2.75) is 49.9 Å². The molecule has 1 amide bonds. The van der Waals surface area contributed by atoms with Crippen LogP contribution in [0.15, 0.2) is 0 Å². The van der Waals surface area contributed by atoms with Gasteiger partial charge < -0.3 is 11.1 Å². The van der Waals surface area contributed by atoms with Crippen molar-refractivity contribution in [1.82, 2.24) is 5.32 Å². The predicted molar refractivity (Wildman–Crippen MR) is 61.4 cm³/mol. The molecule has 1 fully saturated rings. The molecule has 1 aliphatic carbocycles. The zero-order valence-electron chi connectivity index (χ0n) is 8.95. The SMILES string of the molecule is CSC(C)C(=O)NC1CCCCC1N. The number of amides is 1. The van der Waals surface area contributed by atoms with Crippen LogP contribution in [0.5, 0.6) is 0 Å². The van der Waals surface area contributed by atoms with E-state index in [0.29, 0.717) is 0 Å². The van der Waals surface area contributed by atoms with Crippen LogP contribution in [-0.2, 0) is 4.79 Å². The summed E-state index contributed by atoms with van der Waals surface area (Å²) in [5, 5.41) is 3.07. The molecule has 1 aliphatic rings. The van der Waals surface area contributed by atoms with Gasteiger partial charge in [-0.3, -0.25) is 4.79 Å². The van der Waals surface area contributed by atoms with Gasteiger partial charge in [-0.15, -0.1) is 0 Å². The Morgan fingerprint density at radius 3 is 2.71 bits per heavy atom. The van der Waals surface area contributed by atoms with Gasteiger partial charge in [0.1, 0.15) is 0 Å². The van der Waals surface area contributed by atoms with Crippen molar-refractivity contribution in [3.05, 3.63) is 0 Å². The van der Waals surface area contributed by atoms with Gasteiger partial charge in [-0.05, 0) is 26.0 Å². The lowest BCUT2D eigenvalue weighted by Crippen LogP contribution is -2.51. The van der Waals surface area contributed by atoms with Crippen LogP contribution in [0, 0.1) is 0 Å². The van der Waals surface area contributed by atoms with Crippen molar-refractivity contribution < 1.29 is 4.79 Å². The first-order chi connectivity index (χ1) is 6.65. The van der Waals surface area contributed by atoms with Crippen LogP contribution in [0.25, 0.3) is 0 Å². The van der Waals surface area contributed by atoms with Crippen molar-refractivity contribution in [3.8, 4) is 0 Å². The molecule has 14 heavy (non-hydrogen) atoms. The number of rotatable bonds is 3. The van der Waals surface area contributed by atoms with Gasteiger partial charge in [0, 0.05) is 12.1 Å². The molecule has 3 atom stereocenters. The van der Waals surface area contributed by atoms with Crippen LogP contribution in [0.1, 0.15) is 32.6 Å². The molecule has 0 aromatic carbocycles. The fraction of sp³-hybridized carbons (Fsp3) is 0.900. The second-order valence-corrected chi connectivity index (χ2v) is 5.12. The van der Waals surface area contributed by atoms with Crippen LogP contribution in [-0.4, -0.2) is 29.5 Å². The van der Waals surface area contributed by atoms with Gasteiger partial charge in [0.2, 0.25) is 5.91 Å². The van der Waals surface area contributed by atoms with Crippen molar-refractivity contribution in [3.63, 3.8) is 0 Å².